The topological polar surface area (TPSA) is 46.9 Å². The molecule has 2 aromatic carbocycles. The van der Waals surface area contributed by atoms with Crippen LogP contribution in [0.2, 0.25) is 0 Å². The van der Waals surface area contributed by atoms with E-state index >= 15 is 0 Å². The van der Waals surface area contributed by atoms with Crippen molar-refractivity contribution in [1.82, 2.24) is 14.9 Å². The fraction of sp³-hybridized carbons (Fsp3) is 0.111. The number of hydrogen-bond acceptors (Lipinski definition) is 2. The van der Waals surface area contributed by atoms with E-state index in [0.29, 0.717) is 17.2 Å². The molecule has 0 aliphatic carbocycles. The van der Waals surface area contributed by atoms with Gasteiger partial charge in [-0.1, -0.05) is 30.3 Å². The van der Waals surface area contributed by atoms with Crippen molar-refractivity contribution in [3.05, 3.63) is 71.8 Å². The lowest BCUT2D eigenvalue weighted by Gasteiger charge is -2.10. The van der Waals surface area contributed by atoms with E-state index in [-0.39, 0.29) is 11.7 Å². The van der Waals surface area contributed by atoms with Crippen LogP contribution in [-0.2, 0) is 0 Å². The second-order valence-corrected chi connectivity index (χ2v) is 5.13. The molecule has 116 valence electrons. The van der Waals surface area contributed by atoms with Crippen LogP contribution in [0.15, 0.2) is 54.6 Å². The molecule has 1 aromatic heterocycles. The van der Waals surface area contributed by atoms with Gasteiger partial charge in [0, 0.05) is 18.3 Å². The van der Waals surface area contributed by atoms with Crippen LogP contribution in [0.5, 0.6) is 0 Å². The zero-order valence-electron chi connectivity index (χ0n) is 12.9. The molecular formula is C18H16FN3O. The molecule has 0 aliphatic heterocycles. The molecule has 0 aliphatic rings. The van der Waals surface area contributed by atoms with E-state index in [1.54, 1.807) is 19.2 Å². The predicted molar refractivity (Wildman–Crippen MR) is 87.1 cm³/mol. The number of benzene rings is 2. The largest absolute Gasteiger partial charge is 0.354 e. The van der Waals surface area contributed by atoms with Crippen LogP contribution in [-0.4, -0.2) is 22.5 Å². The number of carbonyl (C=O) groups excluding carboxylic acids is 1. The summed E-state index contributed by atoms with van der Waals surface area (Å²) >= 11 is 0. The highest BCUT2D eigenvalue weighted by atomic mass is 19.1. The first kappa shape index (κ1) is 15.0. The standard InChI is InChI=1S/C18H16FN3O/c1-12-16(18(23)20-2)21-17(13-6-4-3-5-7-13)22(12)15-10-8-14(19)9-11-15/h3-11H,1-2H3,(H,20,23). The molecule has 0 fully saturated rings. The molecular weight excluding hydrogens is 293 g/mol. The van der Waals surface area contributed by atoms with Crippen LogP contribution in [0.3, 0.4) is 0 Å². The Labute approximate surface area is 133 Å². The Morgan fingerprint density at radius 3 is 2.35 bits per heavy atom. The molecule has 0 saturated carbocycles. The van der Waals surface area contributed by atoms with Crippen molar-refractivity contribution < 1.29 is 9.18 Å². The second-order valence-electron chi connectivity index (χ2n) is 5.13. The number of hydrogen-bond donors (Lipinski definition) is 1. The van der Waals surface area contributed by atoms with Gasteiger partial charge in [-0.15, -0.1) is 0 Å². The monoisotopic (exact) mass is 309 g/mol. The number of aromatic nitrogens is 2. The lowest BCUT2D eigenvalue weighted by molar-refractivity contribution is 0.0958. The molecule has 0 radical (unpaired) electrons. The Morgan fingerprint density at radius 2 is 1.74 bits per heavy atom. The molecule has 1 N–H and O–H groups in total. The number of amides is 1. The zero-order chi connectivity index (χ0) is 16.4. The van der Waals surface area contributed by atoms with Gasteiger partial charge in [0.2, 0.25) is 0 Å². The summed E-state index contributed by atoms with van der Waals surface area (Å²) in [6, 6.07) is 15.7. The minimum absolute atomic E-state index is 0.249. The molecule has 4 nitrogen and oxygen atoms in total. The fourth-order valence-corrected chi connectivity index (χ4v) is 2.52. The Hall–Kier alpha value is -2.95. The van der Waals surface area contributed by atoms with Crippen molar-refractivity contribution in [1.29, 1.82) is 0 Å². The minimum Gasteiger partial charge on any atom is -0.354 e. The van der Waals surface area contributed by atoms with Gasteiger partial charge in [-0.05, 0) is 31.2 Å². The maximum absolute atomic E-state index is 13.2. The molecule has 0 unspecified atom stereocenters. The molecule has 0 spiro atoms. The van der Waals surface area contributed by atoms with Crippen molar-refractivity contribution in [2.24, 2.45) is 0 Å². The van der Waals surface area contributed by atoms with Gasteiger partial charge in [-0.2, -0.15) is 0 Å². The molecule has 0 bridgehead atoms. The third-order valence-electron chi connectivity index (χ3n) is 3.67. The molecule has 1 amide bonds. The smallest absolute Gasteiger partial charge is 0.271 e. The summed E-state index contributed by atoms with van der Waals surface area (Å²) in [7, 11) is 1.57. The molecule has 0 saturated heterocycles. The quantitative estimate of drug-likeness (QED) is 0.806. The fourth-order valence-electron chi connectivity index (χ4n) is 2.52. The zero-order valence-corrected chi connectivity index (χ0v) is 12.9. The molecule has 3 aromatic rings. The summed E-state index contributed by atoms with van der Waals surface area (Å²) < 4.78 is 15.1. The summed E-state index contributed by atoms with van der Waals surface area (Å²) in [5, 5.41) is 2.60. The van der Waals surface area contributed by atoms with Gasteiger partial charge in [0.15, 0.2) is 0 Å². The van der Waals surface area contributed by atoms with Gasteiger partial charge in [0.25, 0.3) is 5.91 Å². The van der Waals surface area contributed by atoms with E-state index in [1.165, 1.54) is 12.1 Å². The maximum atomic E-state index is 13.2. The first-order valence-corrected chi connectivity index (χ1v) is 7.24. The van der Waals surface area contributed by atoms with E-state index in [0.717, 1.165) is 11.3 Å². The summed E-state index contributed by atoms with van der Waals surface area (Å²) in [6.45, 7) is 1.83. The highest BCUT2D eigenvalue weighted by molar-refractivity contribution is 5.94. The van der Waals surface area contributed by atoms with Crippen molar-refractivity contribution in [3.8, 4) is 17.1 Å². The van der Waals surface area contributed by atoms with E-state index in [1.807, 2.05) is 41.8 Å². The van der Waals surface area contributed by atoms with Gasteiger partial charge in [-0.25, -0.2) is 9.37 Å². The highest BCUT2D eigenvalue weighted by Gasteiger charge is 2.20. The van der Waals surface area contributed by atoms with Gasteiger partial charge in [0.1, 0.15) is 17.3 Å². The number of halogens is 1. The Kier molecular flexibility index (Phi) is 3.93. The third kappa shape index (κ3) is 2.73. The van der Waals surface area contributed by atoms with E-state index in [4.69, 9.17) is 0 Å². The molecule has 5 heteroatoms. The lowest BCUT2D eigenvalue weighted by Crippen LogP contribution is -2.19. The van der Waals surface area contributed by atoms with Crippen LogP contribution >= 0.6 is 0 Å². The summed E-state index contributed by atoms with van der Waals surface area (Å²) in [6.07, 6.45) is 0. The molecule has 0 atom stereocenters. The van der Waals surface area contributed by atoms with Crippen molar-refractivity contribution in [2.45, 2.75) is 6.92 Å². The van der Waals surface area contributed by atoms with Crippen molar-refractivity contribution >= 4 is 5.91 Å². The highest BCUT2D eigenvalue weighted by Crippen LogP contribution is 2.26. The summed E-state index contributed by atoms with van der Waals surface area (Å²) in [5.41, 5.74) is 2.70. The van der Waals surface area contributed by atoms with Gasteiger partial charge < -0.3 is 5.32 Å². The predicted octanol–water partition coefficient (Wildman–Crippen LogP) is 3.35. The summed E-state index contributed by atoms with van der Waals surface area (Å²) in [5.74, 6) is 0.0909. The molecule has 3 rings (SSSR count). The van der Waals surface area contributed by atoms with Gasteiger partial charge >= 0.3 is 0 Å². The Balaban J connectivity index is 2.25. The van der Waals surface area contributed by atoms with Crippen molar-refractivity contribution in [2.75, 3.05) is 7.05 Å². The lowest BCUT2D eigenvalue weighted by atomic mass is 10.2. The van der Waals surface area contributed by atoms with Crippen LogP contribution in [0.25, 0.3) is 17.1 Å². The average Bonchev–Trinajstić information content (AvgIpc) is 2.93. The summed E-state index contributed by atoms with van der Waals surface area (Å²) in [4.78, 5) is 16.6. The normalized spacial score (nSPS) is 10.6. The number of rotatable bonds is 3. The number of imidazole rings is 1. The van der Waals surface area contributed by atoms with E-state index in [2.05, 4.69) is 10.3 Å². The van der Waals surface area contributed by atoms with Crippen LogP contribution in [0.4, 0.5) is 4.39 Å². The Bertz CT molecular complexity index is 839. The number of carbonyl (C=O) groups is 1. The first-order valence-electron chi connectivity index (χ1n) is 7.24. The van der Waals surface area contributed by atoms with Crippen LogP contribution < -0.4 is 5.32 Å². The Morgan fingerprint density at radius 1 is 1.09 bits per heavy atom. The third-order valence-corrected chi connectivity index (χ3v) is 3.67. The second kappa shape index (κ2) is 6.04. The first-order chi connectivity index (χ1) is 11.1. The van der Waals surface area contributed by atoms with Gasteiger partial charge in [0.05, 0.1) is 5.69 Å². The van der Waals surface area contributed by atoms with Crippen LogP contribution in [0.1, 0.15) is 16.2 Å². The van der Waals surface area contributed by atoms with Gasteiger partial charge in [-0.3, -0.25) is 9.36 Å². The minimum atomic E-state index is -0.306. The number of nitrogens with one attached hydrogen (secondary N) is 1. The SMILES string of the molecule is CNC(=O)c1nc(-c2ccccc2)n(-c2ccc(F)cc2)c1C. The van der Waals surface area contributed by atoms with E-state index in [9.17, 15) is 9.18 Å². The van der Waals surface area contributed by atoms with Crippen molar-refractivity contribution in [3.63, 3.8) is 0 Å². The molecule has 23 heavy (non-hydrogen) atoms. The van der Waals surface area contributed by atoms with E-state index < -0.39 is 0 Å². The average molecular weight is 309 g/mol. The maximum Gasteiger partial charge on any atom is 0.271 e. The van der Waals surface area contributed by atoms with Crippen LogP contribution in [0, 0.1) is 12.7 Å². The number of nitrogens with zero attached hydrogens (tertiary/aromatic N) is 2. The molecule has 1 heterocycles.